The number of oxime groups is 1. The average Bonchev–Trinajstić information content (AvgIpc) is 2.57. The second kappa shape index (κ2) is 5.81. The lowest BCUT2D eigenvalue weighted by molar-refractivity contribution is -0.698. The first-order chi connectivity index (χ1) is 7.29. The summed E-state index contributed by atoms with van der Waals surface area (Å²) < 4.78 is 3.58. The van der Waals surface area contributed by atoms with E-state index in [1.165, 1.54) is 6.21 Å². The van der Waals surface area contributed by atoms with Gasteiger partial charge in [-0.1, -0.05) is 5.16 Å². The molecule has 1 aromatic rings. The Hall–Kier alpha value is -1.83. The average molecular weight is 207 g/mol. The molecule has 15 heavy (non-hydrogen) atoms. The van der Waals surface area contributed by atoms with E-state index in [1.807, 2.05) is 4.57 Å². The highest BCUT2D eigenvalue weighted by molar-refractivity contribution is 5.71. The fraction of sp³-hybridized carbons (Fsp3) is 0.500. The molecular weight excluding hydrogens is 192 g/mol. The smallest absolute Gasteiger partial charge is 0.281 e. The number of hydrogen-bond acceptors (Lipinski definition) is 3. The van der Waals surface area contributed by atoms with E-state index in [4.69, 9.17) is 11.6 Å². The molecule has 0 spiro atoms. The number of nitrogens with zero attached hydrogens (tertiary/aromatic N) is 4. The predicted molar refractivity (Wildman–Crippen MR) is 55.5 cm³/mol. The number of rotatable bonds is 5. The minimum absolute atomic E-state index is 0.762. The Morgan fingerprint density at radius 3 is 3.20 bits per heavy atom. The summed E-state index contributed by atoms with van der Waals surface area (Å²) in [6, 6.07) is 0. The van der Waals surface area contributed by atoms with Crippen LogP contribution in [0.5, 0.6) is 0 Å². The molecule has 1 heterocycles. The van der Waals surface area contributed by atoms with Crippen molar-refractivity contribution in [2.45, 2.75) is 25.8 Å². The largest absolute Gasteiger partial charge is 0.411 e. The minimum atomic E-state index is 0.762. The van der Waals surface area contributed by atoms with Gasteiger partial charge in [-0.05, 0) is 12.8 Å². The molecule has 0 saturated heterocycles. The maximum absolute atomic E-state index is 8.49. The first-order valence-corrected chi connectivity index (χ1v) is 4.82. The molecule has 5 heteroatoms. The van der Waals surface area contributed by atoms with Gasteiger partial charge in [0.1, 0.15) is 6.21 Å². The lowest BCUT2D eigenvalue weighted by Gasteiger charge is -1.97. The molecule has 5 nitrogen and oxygen atoms in total. The Morgan fingerprint density at radius 2 is 2.53 bits per heavy atom. The normalized spacial score (nSPS) is 10.7. The molecular formula is C10H15N4O+. The third kappa shape index (κ3) is 3.09. The van der Waals surface area contributed by atoms with E-state index < -0.39 is 0 Å². The van der Waals surface area contributed by atoms with Gasteiger partial charge in [0.15, 0.2) is 0 Å². The van der Waals surface area contributed by atoms with Crippen LogP contribution in [0.1, 0.15) is 25.1 Å². The molecule has 0 unspecified atom stereocenters. The van der Waals surface area contributed by atoms with E-state index in [0.717, 1.165) is 31.6 Å². The van der Waals surface area contributed by atoms with Gasteiger partial charge in [-0.15, -0.1) is 17.0 Å². The zero-order valence-electron chi connectivity index (χ0n) is 8.80. The molecule has 0 aromatic carbocycles. The van der Waals surface area contributed by atoms with Crippen LogP contribution in [0.15, 0.2) is 11.5 Å². The van der Waals surface area contributed by atoms with Crippen LogP contribution in [0.2, 0.25) is 0 Å². The standard InChI is InChI=1S/C10H14N4O/c1-3-4-5-6-7-14-9-11-13(2)10(14)8-12-15/h1,8-9H,4-7H2,2H3/p+1. The summed E-state index contributed by atoms with van der Waals surface area (Å²) in [5.74, 6) is 3.36. The van der Waals surface area contributed by atoms with Gasteiger partial charge in [0.05, 0.1) is 13.6 Å². The van der Waals surface area contributed by atoms with Crippen LogP contribution in [0, 0.1) is 12.3 Å². The minimum Gasteiger partial charge on any atom is -0.411 e. The Labute approximate surface area is 89.0 Å². The van der Waals surface area contributed by atoms with Crippen molar-refractivity contribution in [3.05, 3.63) is 12.2 Å². The van der Waals surface area contributed by atoms with Crippen LogP contribution in [0.4, 0.5) is 0 Å². The first-order valence-electron chi connectivity index (χ1n) is 4.82. The van der Waals surface area contributed by atoms with Crippen molar-refractivity contribution in [2.75, 3.05) is 0 Å². The molecule has 1 N–H and O–H groups in total. The molecule has 0 atom stereocenters. The highest BCUT2D eigenvalue weighted by Crippen LogP contribution is 1.94. The van der Waals surface area contributed by atoms with E-state index in [9.17, 15) is 0 Å². The fourth-order valence-corrected chi connectivity index (χ4v) is 1.33. The molecule has 1 aromatic heterocycles. The van der Waals surface area contributed by atoms with Crippen LogP contribution < -0.4 is 4.57 Å². The topological polar surface area (TPSA) is 54.3 Å². The SMILES string of the molecule is C#CCCCC[n+]1cnn(C)c1C=NO. The summed E-state index contributed by atoms with van der Waals surface area (Å²) in [7, 11) is 1.80. The third-order valence-electron chi connectivity index (χ3n) is 2.13. The van der Waals surface area contributed by atoms with Crippen LogP contribution >= 0.6 is 0 Å². The van der Waals surface area contributed by atoms with Crippen molar-refractivity contribution in [3.8, 4) is 12.3 Å². The monoisotopic (exact) mass is 207 g/mol. The third-order valence-corrected chi connectivity index (χ3v) is 2.13. The van der Waals surface area contributed by atoms with Crippen molar-refractivity contribution >= 4 is 6.21 Å². The number of aromatic nitrogens is 3. The zero-order valence-corrected chi connectivity index (χ0v) is 8.80. The summed E-state index contributed by atoms with van der Waals surface area (Å²) in [6.45, 7) is 0.830. The van der Waals surface area contributed by atoms with Crippen molar-refractivity contribution in [1.82, 2.24) is 9.78 Å². The number of terminal acetylenes is 1. The lowest BCUT2D eigenvalue weighted by atomic mass is 10.2. The molecule has 0 amide bonds. The van der Waals surface area contributed by atoms with E-state index >= 15 is 0 Å². The van der Waals surface area contributed by atoms with Gasteiger partial charge >= 0.3 is 0 Å². The predicted octanol–water partition coefficient (Wildman–Crippen LogP) is 0.319. The molecule has 0 fully saturated rings. The Bertz CT molecular complexity index is 375. The molecule has 80 valence electrons. The van der Waals surface area contributed by atoms with E-state index in [2.05, 4.69) is 16.2 Å². The first kappa shape index (κ1) is 11.2. The number of hydrogen-bond donors (Lipinski definition) is 1. The summed E-state index contributed by atoms with van der Waals surface area (Å²) in [6.07, 6.45) is 11.0. The van der Waals surface area contributed by atoms with Crippen molar-refractivity contribution in [2.24, 2.45) is 12.2 Å². The lowest BCUT2D eigenvalue weighted by Crippen LogP contribution is -2.37. The van der Waals surface area contributed by atoms with Crippen LogP contribution in [-0.2, 0) is 13.6 Å². The molecule has 0 saturated carbocycles. The summed E-state index contributed by atoms with van der Waals surface area (Å²) >= 11 is 0. The Balaban J connectivity index is 2.57. The molecule has 1 rings (SSSR count). The summed E-state index contributed by atoms with van der Waals surface area (Å²) in [4.78, 5) is 0. The zero-order chi connectivity index (χ0) is 11.1. The van der Waals surface area contributed by atoms with E-state index in [-0.39, 0.29) is 0 Å². The van der Waals surface area contributed by atoms with Gasteiger partial charge in [-0.2, -0.15) is 0 Å². The van der Waals surface area contributed by atoms with Crippen molar-refractivity contribution < 1.29 is 9.77 Å². The molecule has 0 radical (unpaired) electrons. The van der Waals surface area contributed by atoms with Crippen LogP contribution in [0.3, 0.4) is 0 Å². The fourth-order valence-electron chi connectivity index (χ4n) is 1.33. The maximum atomic E-state index is 8.49. The van der Waals surface area contributed by atoms with Crippen LogP contribution in [-0.4, -0.2) is 21.2 Å². The van der Waals surface area contributed by atoms with Gasteiger partial charge in [0.25, 0.3) is 12.2 Å². The van der Waals surface area contributed by atoms with Gasteiger partial charge < -0.3 is 5.21 Å². The van der Waals surface area contributed by atoms with Crippen LogP contribution in [0.25, 0.3) is 0 Å². The number of aryl methyl sites for hydroxylation is 2. The number of unbranched alkanes of at least 4 members (excludes halogenated alkanes) is 2. The molecule has 0 aliphatic rings. The highest BCUT2D eigenvalue weighted by Gasteiger charge is 2.12. The summed E-state index contributed by atoms with van der Waals surface area (Å²) in [5.41, 5.74) is 0. The van der Waals surface area contributed by atoms with Gasteiger partial charge in [-0.3, -0.25) is 0 Å². The molecule has 0 bridgehead atoms. The molecule has 0 aliphatic carbocycles. The van der Waals surface area contributed by atoms with Crippen molar-refractivity contribution in [1.29, 1.82) is 0 Å². The quantitative estimate of drug-likeness (QED) is 0.189. The van der Waals surface area contributed by atoms with Crippen molar-refractivity contribution in [3.63, 3.8) is 0 Å². The second-order valence-electron chi connectivity index (χ2n) is 3.21. The van der Waals surface area contributed by atoms with E-state index in [1.54, 1.807) is 18.1 Å². The van der Waals surface area contributed by atoms with Gasteiger partial charge in [0, 0.05) is 11.5 Å². The van der Waals surface area contributed by atoms with Gasteiger partial charge in [-0.25, -0.2) is 4.57 Å². The highest BCUT2D eigenvalue weighted by atomic mass is 16.4. The van der Waals surface area contributed by atoms with E-state index in [0.29, 0.717) is 0 Å². The Kier molecular flexibility index (Phi) is 4.35. The molecule has 0 aliphatic heterocycles. The summed E-state index contributed by atoms with van der Waals surface area (Å²) in [5, 5.41) is 15.6. The second-order valence-corrected chi connectivity index (χ2v) is 3.21. The maximum Gasteiger partial charge on any atom is 0.281 e. The Morgan fingerprint density at radius 1 is 1.73 bits per heavy atom. The van der Waals surface area contributed by atoms with Gasteiger partial charge in [0.2, 0.25) is 0 Å².